The minimum Gasteiger partial charge on any atom is -0.459 e. The lowest BCUT2D eigenvalue weighted by molar-refractivity contribution is -0.138. The summed E-state index contributed by atoms with van der Waals surface area (Å²) < 4.78 is 16.8. The first kappa shape index (κ1) is 26.0. The molecule has 7 nitrogen and oxygen atoms in total. The summed E-state index contributed by atoms with van der Waals surface area (Å²) in [6, 6.07) is 11.9. The van der Waals surface area contributed by atoms with Crippen molar-refractivity contribution in [3.63, 3.8) is 0 Å². The van der Waals surface area contributed by atoms with Gasteiger partial charge in [0.05, 0.1) is 11.7 Å². The van der Waals surface area contributed by atoms with Crippen molar-refractivity contribution in [2.45, 2.75) is 57.3 Å². The lowest BCUT2D eigenvalue weighted by atomic mass is 9.95. The fraction of sp³-hybridized carbons (Fsp3) is 0.357. The molecule has 0 radical (unpaired) electrons. The zero-order valence-corrected chi connectivity index (χ0v) is 20.0. The normalized spacial score (nSPS) is 17.7. The first-order valence-electron chi connectivity index (χ1n) is 12.0. The summed E-state index contributed by atoms with van der Waals surface area (Å²) >= 11 is 0. The third-order valence-corrected chi connectivity index (χ3v) is 5.78. The maximum Gasteiger partial charge on any atom is 0.338 e. The van der Waals surface area contributed by atoms with Gasteiger partial charge in [-0.2, -0.15) is 0 Å². The largest absolute Gasteiger partial charge is 0.459 e. The van der Waals surface area contributed by atoms with Gasteiger partial charge in [-0.1, -0.05) is 18.2 Å². The van der Waals surface area contributed by atoms with E-state index in [-0.39, 0.29) is 24.8 Å². The highest BCUT2D eigenvalue weighted by Crippen LogP contribution is 2.25. The average molecular weight is 479 g/mol. The summed E-state index contributed by atoms with van der Waals surface area (Å²) in [5.41, 5.74) is 14.5. The zero-order chi connectivity index (χ0) is 25.0. The molecule has 35 heavy (non-hydrogen) atoms. The standard InChI is InChI=1S/C28H34N2O5/c1-2-3-4-15-33-25-10-12-26(13-11-25)35-28(32)22-8-5-20(6-9-22)7-14-27(31)34-19-21-16-23(29)18-24(30)17-21/h2,5-9,14,16-18,25-26H,1,3-4,10-13,15,19,29-30H2. The van der Waals surface area contributed by atoms with Crippen molar-refractivity contribution in [2.24, 2.45) is 0 Å². The summed E-state index contributed by atoms with van der Waals surface area (Å²) in [5, 5.41) is 0. The number of carbonyl (C=O) groups is 2. The number of ether oxygens (including phenoxy) is 3. The third-order valence-electron chi connectivity index (χ3n) is 5.78. The van der Waals surface area contributed by atoms with Gasteiger partial charge in [-0.3, -0.25) is 0 Å². The van der Waals surface area contributed by atoms with Crippen LogP contribution >= 0.6 is 0 Å². The second-order valence-electron chi connectivity index (χ2n) is 8.68. The van der Waals surface area contributed by atoms with E-state index in [1.165, 1.54) is 6.08 Å². The van der Waals surface area contributed by atoms with Crippen LogP contribution in [-0.2, 0) is 25.6 Å². The van der Waals surface area contributed by atoms with Crippen LogP contribution in [0.25, 0.3) is 6.08 Å². The van der Waals surface area contributed by atoms with Gasteiger partial charge in [0.25, 0.3) is 0 Å². The van der Waals surface area contributed by atoms with Crippen LogP contribution in [-0.4, -0.2) is 30.8 Å². The molecule has 0 amide bonds. The first-order chi connectivity index (χ1) is 16.9. The number of anilines is 2. The van der Waals surface area contributed by atoms with Gasteiger partial charge < -0.3 is 25.7 Å². The molecule has 2 aromatic carbocycles. The molecule has 1 aliphatic carbocycles. The Bertz CT molecular complexity index is 1000. The maximum atomic E-state index is 12.5. The van der Waals surface area contributed by atoms with Gasteiger partial charge >= 0.3 is 11.9 Å². The van der Waals surface area contributed by atoms with E-state index in [0.29, 0.717) is 16.9 Å². The fourth-order valence-electron chi connectivity index (χ4n) is 3.94. The number of hydrogen-bond acceptors (Lipinski definition) is 7. The van der Waals surface area contributed by atoms with Gasteiger partial charge in [-0.15, -0.1) is 6.58 Å². The Kier molecular flexibility index (Phi) is 9.93. The number of esters is 2. The molecule has 186 valence electrons. The Balaban J connectivity index is 1.40. The third kappa shape index (κ3) is 8.94. The second-order valence-corrected chi connectivity index (χ2v) is 8.68. The van der Waals surface area contributed by atoms with Crippen molar-refractivity contribution in [3.8, 4) is 0 Å². The predicted octanol–water partition coefficient (Wildman–Crippen LogP) is 5.06. The van der Waals surface area contributed by atoms with Gasteiger partial charge in [0, 0.05) is 24.1 Å². The lowest BCUT2D eigenvalue weighted by Crippen LogP contribution is -2.28. The molecule has 2 aromatic rings. The maximum absolute atomic E-state index is 12.5. The number of nitrogens with two attached hydrogens (primary N) is 2. The van der Waals surface area contributed by atoms with Gasteiger partial charge in [0.2, 0.25) is 0 Å². The van der Waals surface area contributed by atoms with Crippen LogP contribution < -0.4 is 11.5 Å². The van der Waals surface area contributed by atoms with Crippen molar-refractivity contribution >= 4 is 29.4 Å². The molecule has 0 bridgehead atoms. The lowest BCUT2D eigenvalue weighted by Gasteiger charge is -2.28. The fourth-order valence-corrected chi connectivity index (χ4v) is 3.94. The van der Waals surface area contributed by atoms with Gasteiger partial charge in [-0.05, 0) is 86.1 Å². The van der Waals surface area contributed by atoms with E-state index >= 15 is 0 Å². The van der Waals surface area contributed by atoms with Crippen molar-refractivity contribution in [2.75, 3.05) is 18.1 Å². The van der Waals surface area contributed by atoms with Gasteiger partial charge in [-0.25, -0.2) is 9.59 Å². The molecule has 1 saturated carbocycles. The molecular weight excluding hydrogens is 444 g/mol. The number of benzene rings is 2. The molecule has 0 heterocycles. The molecule has 0 saturated heterocycles. The first-order valence-corrected chi connectivity index (χ1v) is 12.0. The summed E-state index contributed by atoms with van der Waals surface area (Å²) in [5.74, 6) is -0.827. The number of nitrogen functional groups attached to an aromatic ring is 2. The van der Waals surface area contributed by atoms with Crippen LogP contribution in [0.2, 0.25) is 0 Å². The highest BCUT2D eigenvalue weighted by Gasteiger charge is 2.24. The number of hydrogen-bond donors (Lipinski definition) is 2. The number of unbranched alkanes of at least 4 members (excludes halogenated alkanes) is 1. The van der Waals surface area contributed by atoms with E-state index in [4.69, 9.17) is 25.7 Å². The zero-order valence-electron chi connectivity index (χ0n) is 20.0. The van der Waals surface area contributed by atoms with E-state index in [1.54, 1.807) is 48.5 Å². The molecule has 0 unspecified atom stereocenters. The molecule has 1 fully saturated rings. The quantitative estimate of drug-likeness (QED) is 0.153. The van der Waals surface area contributed by atoms with E-state index < -0.39 is 5.97 Å². The summed E-state index contributed by atoms with van der Waals surface area (Å²) in [7, 11) is 0. The summed E-state index contributed by atoms with van der Waals surface area (Å²) in [6.45, 7) is 4.54. The van der Waals surface area contributed by atoms with Crippen LogP contribution in [0, 0.1) is 0 Å². The SMILES string of the molecule is C=CCCCOC1CCC(OC(=O)c2ccc(C=CC(=O)OCc3cc(N)cc(N)c3)cc2)CC1. The molecule has 0 spiro atoms. The second kappa shape index (κ2) is 13.3. The smallest absolute Gasteiger partial charge is 0.338 e. The number of carbonyl (C=O) groups excluding carboxylic acids is 2. The van der Waals surface area contributed by atoms with Gasteiger partial charge in [0.1, 0.15) is 12.7 Å². The topological polar surface area (TPSA) is 114 Å². The molecule has 4 N–H and O–H groups in total. The Morgan fingerprint density at radius 2 is 1.63 bits per heavy atom. The highest BCUT2D eigenvalue weighted by atomic mass is 16.5. The van der Waals surface area contributed by atoms with E-state index in [1.807, 2.05) is 6.08 Å². The molecule has 0 atom stereocenters. The molecule has 0 aromatic heterocycles. The number of rotatable bonds is 11. The summed E-state index contributed by atoms with van der Waals surface area (Å²) in [4.78, 5) is 24.5. The van der Waals surface area contributed by atoms with Gasteiger partial charge in [0.15, 0.2) is 0 Å². The number of allylic oxidation sites excluding steroid dienone is 1. The predicted molar refractivity (Wildman–Crippen MR) is 137 cm³/mol. The highest BCUT2D eigenvalue weighted by molar-refractivity contribution is 5.90. The van der Waals surface area contributed by atoms with Crippen LogP contribution in [0.4, 0.5) is 11.4 Å². The van der Waals surface area contributed by atoms with Crippen molar-refractivity contribution in [1.29, 1.82) is 0 Å². The van der Waals surface area contributed by atoms with Crippen molar-refractivity contribution < 1.29 is 23.8 Å². The minimum absolute atomic E-state index is 0.0759. The van der Waals surface area contributed by atoms with E-state index in [9.17, 15) is 9.59 Å². The Morgan fingerprint density at radius 1 is 0.971 bits per heavy atom. The summed E-state index contributed by atoms with van der Waals surface area (Å²) in [6.07, 6.45) is 10.4. The molecule has 7 heteroatoms. The minimum atomic E-state index is -0.491. The van der Waals surface area contributed by atoms with E-state index in [0.717, 1.165) is 56.3 Å². The van der Waals surface area contributed by atoms with Crippen LogP contribution in [0.15, 0.2) is 61.2 Å². The Morgan fingerprint density at radius 3 is 2.29 bits per heavy atom. The molecule has 0 aliphatic heterocycles. The average Bonchev–Trinajstić information content (AvgIpc) is 2.85. The van der Waals surface area contributed by atoms with Crippen LogP contribution in [0.1, 0.15) is 60.0 Å². The van der Waals surface area contributed by atoms with E-state index in [2.05, 4.69) is 6.58 Å². The molecule has 3 rings (SSSR count). The van der Waals surface area contributed by atoms with Crippen molar-refractivity contribution in [3.05, 3.63) is 77.9 Å². The van der Waals surface area contributed by atoms with Crippen molar-refractivity contribution in [1.82, 2.24) is 0 Å². The van der Waals surface area contributed by atoms with Crippen LogP contribution in [0.3, 0.4) is 0 Å². The Hall–Kier alpha value is -3.58. The monoisotopic (exact) mass is 478 g/mol. The molecule has 1 aliphatic rings. The molecular formula is C28H34N2O5. The van der Waals surface area contributed by atoms with Crippen LogP contribution in [0.5, 0.6) is 0 Å². The Labute approximate surface area is 206 Å².